The maximum atomic E-state index is 13.8. The summed E-state index contributed by atoms with van der Waals surface area (Å²) in [6.45, 7) is 6.10. The Bertz CT molecular complexity index is 937. The summed E-state index contributed by atoms with van der Waals surface area (Å²) in [7, 11) is 0. The summed E-state index contributed by atoms with van der Waals surface area (Å²) in [5.41, 5.74) is 4.49. The molecule has 1 aliphatic heterocycles. The van der Waals surface area contributed by atoms with Gasteiger partial charge in [0.05, 0.1) is 36.1 Å². The molecule has 3 aromatic rings. The molecule has 0 amide bonds. The third-order valence-corrected chi connectivity index (χ3v) is 4.76. The summed E-state index contributed by atoms with van der Waals surface area (Å²) in [6.07, 6.45) is 0.123. The van der Waals surface area contributed by atoms with E-state index in [0.717, 1.165) is 46.8 Å². The normalized spacial score (nSPS) is 15.4. The molecule has 25 heavy (non-hydrogen) atoms. The summed E-state index contributed by atoms with van der Waals surface area (Å²) in [5, 5.41) is 15.4. The van der Waals surface area contributed by atoms with Gasteiger partial charge in [0, 0.05) is 23.3 Å². The summed E-state index contributed by atoms with van der Waals surface area (Å²) in [6, 6.07) is 8.70. The van der Waals surface area contributed by atoms with E-state index in [1.54, 1.807) is 12.1 Å². The maximum Gasteiger partial charge on any atom is 0.124 e. The Labute approximate surface area is 145 Å². The summed E-state index contributed by atoms with van der Waals surface area (Å²) >= 11 is 0. The standard InChI is InChI=1S/C19H21FN4O/c1-3-19(25)17-10-14-11-23(6-7-24(14)22-17)18-8-12(2)21-16-5-4-13(20)9-15(16)18/h4-5,8-10,19,25H,3,6-7,11H2,1-2H3/t19-/m0/s1. The second-order valence-electron chi connectivity index (χ2n) is 6.57. The fourth-order valence-electron chi connectivity index (χ4n) is 3.44. The van der Waals surface area contributed by atoms with Gasteiger partial charge in [0.15, 0.2) is 0 Å². The maximum absolute atomic E-state index is 13.8. The van der Waals surface area contributed by atoms with Crippen molar-refractivity contribution in [3.05, 3.63) is 53.2 Å². The average Bonchev–Trinajstić information content (AvgIpc) is 3.04. The first-order valence-electron chi connectivity index (χ1n) is 8.61. The minimum atomic E-state index is -0.523. The molecule has 0 unspecified atom stereocenters. The lowest BCUT2D eigenvalue weighted by atomic mass is 10.1. The molecule has 130 valence electrons. The van der Waals surface area contributed by atoms with Crippen molar-refractivity contribution in [2.75, 3.05) is 11.4 Å². The molecule has 0 fully saturated rings. The Balaban J connectivity index is 1.73. The van der Waals surface area contributed by atoms with Crippen LogP contribution < -0.4 is 4.90 Å². The van der Waals surface area contributed by atoms with E-state index in [1.807, 2.05) is 30.7 Å². The second-order valence-corrected chi connectivity index (χ2v) is 6.57. The molecular formula is C19H21FN4O. The predicted octanol–water partition coefficient (Wildman–Crippen LogP) is 3.34. The lowest BCUT2D eigenvalue weighted by Gasteiger charge is -2.30. The van der Waals surface area contributed by atoms with Crippen LogP contribution in [0.25, 0.3) is 10.9 Å². The molecule has 3 heterocycles. The van der Waals surface area contributed by atoms with Crippen molar-refractivity contribution < 1.29 is 9.50 Å². The first-order chi connectivity index (χ1) is 12.0. The fourth-order valence-corrected chi connectivity index (χ4v) is 3.44. The molecule has 4 rings (SSSR count). The molecule has 1 aromatic carbocycles. The van der Waals surface area contributed by atoms with Gasteiger partial charge in [-0.2, -0.15) is 5.10 Å². The molecule has 1 N–H and O–H groups in total. The first-order valence-corrected chi connectivity index (χ1v) is 8.61. The van der Waals surface area contributed by atoms with Gasteiger partial charge in [-0.05, 0) is 43.7 Å². The van der Waals surface area contributed by atoms with Crippen molar-refractivity contribution in [2.24, 2.45) is 0 Å². The number of halogens is 1. The van der Waals surface area contributed by atoms with Crippen LogP contribution in [0.15, 0.2) is 30.3 Å². The Morgan fingerprint density at radius 2 is 2.08 bits per heavy atom. The third kappa shape index (κ3) is 2.87. The van der Waals surface area contributed by atoms with Gasteiger partial charge in [-0.25, -0.2) is 4.39 Å². The Hall–Kier alpha value is -2.47. The second kappa shape index (κ2) is 6.11. The number of hydrogen-bond acceptors (Lipinski definition) is 4. The molecule has 1 atom stereocenters. The van der Waals surface area contributed by atoms with E-state index in [-0.39, 0.29) is 5.82 Å². The molecule has 6 heteroatoms. The number of hydrogen-bond donors (Lipinski definition) is 1. The van der Waals surface area contributed by atoms with E-state index >= 15 is 0 Å². The summed E-state index contributed by atoms with van der Waals surface area (Å²) in [5.74, 6) is -0.255. The van der Waals surface area contributed by atoms with Crippen molar-refractivity contribution in [3.8, 4) is 0 Å². The molecule has 0 spiro atoms. The van der Waals surface area contributed by atoms with Crippen LogP contribution in [0.2, 0.25) is 0 Å². The predicted molar refractivity (Wildman–Crippen MR) is 95.0 cm³/mol. The van der Waals surface area contributed by atoms with Gasteiger partial charge in [0.1, 0.15) is 5.82 Å². The lowest BCUT2D eigenvalue weighted by molar-refractivity contribution is 0.168. The Morgan fingerprint density at radius 3 is 2.88 bits per heavy atom. The van der Waals surface area contributed by atoms with Crippen LogP contribution in [0.1, 0.15) is 36.5 Å². The van der Waals surface area contributed by atoms with E-state index in [4.69, 9.17) is 0 Å². The Kier molecular flexibility index (Phi) is 3.92. The quantitative estimate of drug-likeness (QED) is 0.794. The van der Waals surface area contributed by atoms with Crippen molar-refractivity contribution in [3.63, 3.8) is 0 Å². The molecule has 1 aliphatic rings. The van der Waals surface area contributed by atoms with Gasteiger partial charge >= 0.3 is 0 Å². The number of fused-ring (bicyclic) bond motifs is 2. The SMILES string of the molecule is CC[C@H](O)c1cc2n(n1)CCN(c1cc(C)nc3ccc(F)cc13)C2. The van der Waals surface area contributed by atoms with E-state index in [2.05, 4.69) is 15.0 Å². The minimum Gasteiger partial charge on any atom is -0.387 e. The summed E-state index contributed by atoms with van der Waals surface area (Å²) in [4.78, 5) is 6.74. The van der Waals surface area contributed by atoms with Gasteiger partial charge in [0.2, 0.25) is 0 Å². The van der Waals surface area contributed by atoms with Crippen LogP contribution in [-0.2, 0) is 13.1 Å². The molecule has 0 radical (unpaired) electrons. The van der Waals surface area contributed by atoms with Gasteiger partial charge in [-0.15, -0.1) is 0 Å². The van der Waals surface area contributed by atoms with Crippen LogP contribution in [0.3, 0.4) is 0 Å². The molecule has 2 aromatic heterocycles. The highest BCUT2D eigenvalue weighted by Crippen LogP contribution is 2.30. The zero-order valence-corrected chi connectivity index (χ0v) is 14.4. The number of nitrogens with zero attached hydrogens (tertiary/aromatic N) is 4. The highest BCUT2D eigenvalue weighted by atomic mass is 19.1. The molecule has 0 saturated heterocycles. The highest BCUT2D eigenvalue weighted by molar-refractivity contribution is 5.92. The smallest absolute Gasteiger partial charge is 0.124 e. The van der Waals surface area contributed by atoms with Crippen LogP contribution in [0, 0.1) is 12.7 Å². The number of aryl methyl sites for hydroxylation is 1. The number of anilines is 1. The molecule has 0 saturated carbocycles. The van der Waals surface area contributed by atoms with Crippen LogP contribution >= 0.6 is 0 Å². The van der Waals surface area contributed by atoms with Crippen molar-refractivity contribution in [1.29, 1.82) is 0 Å². The first kappa shape index (κ1) is 16.0. The van der Waals surface area contributed by atoms with E-state index in [9.17, 15) is 9.50 Å². The zero-order chi connectivity index (χ0) is 17.6. The number of rotatable bonds is 3. The molecule has 0 aliphatic carbocycles. The summed E-state index contributed by atoms with van der Waals surface area (Å²) < 4.78 is 15.7. The number of pyridine rings is 1. The molecular weight excluding hydrogens is 319 g/mol. The third-order valence-electron chi connectivity index (χ3n) is 4.76. The number of aliphatic hydroxyl groups is 1. The average molecular weight is 340 g/mol. The van der Waals surface area contributed by atoms with E-state index in [0.29, 0.717) is 13.0 Å². The van der Waals surface area contributed by atoms with Gasteiger partial charge in [-0.3, -0.25) is 9.67 Å². The van der Waals surface area contributed by atoms with Crippen molar-refractivity contribution in [2.45, 2.75) is 39.5 Å². The minimum absolute atomic E-state index is 0.255. The van der Waals surface area contributed by atoms with Gasteiger partial charge in [0.25, 0.3) is 0 Å². The monoisotopic (exact) mass is 340 g/mol. The van der Waals surface area contributed by atoms with Crippen molar-refractivity contribution in [1.82, 2.24) is 14.8 Å². The van der Waals surface area contributed by atoms with Crippen LogP contribution in [-0.4, -0.2) is 26.4 Å². The highest BCUT2D eigenvalue weighted by Gasteiger charge is 2.22. The van der Waals surface area contributed by atoms with Crippen molar-refractivity contribution >= 4 is 16.6 Å². The van der Waals surface area contributed by atoms with Gasteiger partial charge in [-0.1, -0.05) is 6.92 Å². The largest absolute Gasteiger partial charge is 0.387 e. The zero-order valence-electron chi connectivity index (χ0n) is 14.4. The van der Waals surface area contributed by atoms with Gasteiger partial charge < -0.3 is 10.0 Å². The van der Waals surface area contributed by atoms with Crippen LogP contribution in [0.4, 0.5) is 10.1 Å². The molecule has 0 bridgehead atoms. The Morgan fingerprint density at radius 1 is 1.24 bits per heavy atom. The lowest BCUT2D eigenvalue weighted by Crippen LogP contribution is -2.34. The molecule has 5 nitrogen and oxygen atoms in total. The number of benzene rings is 1. The number of aromatic nitrogens is 3. The van der Waals surface area contributed by atoms with Crippen LogP contribution in [0.5, 0.6) is 0 Å². The number of aliphatic hydroxyl groups excluding tert-OH is 1. The fraction of sp³-hybridized carbons (Fsp3) is 0.368. The van der Waals surface area contributed by atoms with E-state index in [1.165, 1.54) is 6.07 Å². The topological polar surface area (TPSA) is 54.2 Å². The van der Waals surface area contributed by atoms with E-state index < -0.39 is 6.10 Å².